The van der Waals surface area contributed by atoms with Crippen molar-refractivity contribution in [3.8, 4) is 11.5 Å². The Kier molecular flexibility index (Phi) is 6.55. The Morgan fingerprint density at radius 2 is 1.92 bits per heavy atom. The van der Waals surface area contributed by atoms with Crippen molar-refractivity contribution in [2.45, 2.75) is 11.6 Å². The van der Waals surface area contributed by atoms with Crippen LogP contribution in [0.4, 0.5) is 0 Å². The molecule has 3 aromatic rings. The number of benzene rings is 2. The molecule has 0 aliphatic carbocycles. The molecule has 0 unspecified atom stereocenters. The second-order valence-corrected chi connectivity index (χ2v) is 7.14. The van der Waals surface area contributed by atoms with Gasteiger partial charge in [-0.05, 0) is 30.2 Å². The maximum absolute atomic E-state index is 11.9. The highest BCUT2D eigenvalue weighted by Crippen LogP contribution is 2.30. The SMILES string of the molecule is O=C(CSc1nnc(-c2ccc(Cl)cc2Cl)o1)NCCc1ccccc1. The van der Waals surface area contributed by atoms with Gasteiger partial charge in [-0.2, -0.15) is 0 Å². The smallest absolute Gasteiger partial charge is 0.277 e. The first-order chi connectivity index (χ1) is 12.6. The van der Waals surface area contributed by atoms with Crippen molar-refractivity contribution >= 4 is 40.9 Å². The van der Waals surface area contributed by atoms with E-state index < -0.39 is 0 Å². The molecule has 0 atom stereocenters. The quantitative estimate of drug-likeness (QED) is 0.584. The molecule has 0 aliphatic heterocycles. The van der Waals surface area contributed by atoms with Crippen LogP contribution in [0.2, 0.25) is 10.0 Å². The first kappa shape index (κ1) is 18.8. The first-order valence-electron chi connectivity index (χ1n) is 7.84. The van der Waals surface area contributed by atoms with Gasteiger partial charge in [0.05, 0.1) is 16.3 Å². The molecule has 0 saturated heterocycles. The molecule has 0 radical (unpaired) electrons. The zero-order valence-corrected chi connectivity index (χ0v) is 15.9. The van der Waals surface area contributed by atoms with E-state index in [-0.39, 0.29) is 11.7 Å². The van der Waals surface area contributed by atoms with Crippen LogP contribution in [0.3, 0.4) is 0 Å². The number of carbonyl (C=O) groups excluding carboxylic acids is 1. The lowest BCUT2D eigenvalue weighted by molar-refractivity contribution is -0.118. The Morgan fingerprint density at radius 1 is 1.12 bits per heavy atom. The predicted octanol–water partition coefficient (Wildman–Crippen LogP) is 4.49. The van der Waals surface area contributed by atoms with Crippen LogP contribution < -0.4 is 5.32 Å². The molecular formula is C18H15Cl2N3O2S. The van der Waals surface area contributed by atoms with Crippen LogP contribution >= 0.6 is 35.0 Å². The number of rotatable bonds is 7. The van der Waals surface area contributed by atoms with Gasteiger partial charge in [-0.3, -0.25) is 4.79 Å². The summed E-state index contributed by atoms with van der Waals surface area (Å²) in [5.74, 6) is 0.402. The van der Waals surface area contributed by atoms with Gasteiger partial charge in [-0.1, -0.05) is 65.3 Å². The fourth-order valence-electron chi connectivity index (χ4n) is 2.21. The van der Waals surface area contributed by atoms with Gasteiger partial charge in [0, 0.05) is 11.6 Å². The number of hydrogen-bond donors (Lipinski definition) is 1. The Morgan fingerprint density at radius 3 is 2.69 bits per heavy atom. The summed E-state index contributed by atoms with van der Waals surface area (Å²) < 4.78 is 5.55. The number of carbonyl (C=O) groups is 1. The van der Waals surface area contributed by atoms with E-state index >= 15 is 0 Å². The van der Waals surface area contributed by atoms with Gasteiger partial charge in [-0.25, -0.2) is 0 Å². The number of amides is 1. The highest BCUT2D eigenvalue weighted by atomic mass is 35.5. The summed E-state index contributed by atoms with van der Waals surface area (Å²) in [7, 11) is 0. The summed E-state index contributed by atoms with van der Waals surface area (Å²) in [5, 5.41) is 12.0. The molecule has 0 fully saturated rings. The number of thioether (sulfide) groups is 1. The van der Waals surface area contributed by atoms with E-state index in [0.717, 1.165) is 6.42 Å². The van der Waals surface area contributed by atoms with Gasteiger partial charge in [0.2, 0.25) is 11.8 Å². The molecule has 0 spiro atoms. The first-order valence-corrected chi connectivity index (χ1v) is 9.58. The number of nitrogens with zero attached hydrogens (tertiary/aromatic N) is 2. The van der Waals surface area contributed by atoms with Crippen molar-refractivity contribution in [1.82, 2.24) is 15.5 Å². The van der Waals surface area contributed by atoms with Crippen molar-refractivity contribution in [2.75, 3.05) is 12.3 Å². The van der Waals surface area contributed by atoms with Crippen LogP contribution in [0.1, 0.15) is 5.56 Å². The van der Waals surface area contributed by atoms with Crippen molar-refractivity contribution in [3.63, 3.8) is 0 Å². The summed E-state index contributed by atoms with van der Waals surface area (Å²) in [4.78, 5) is 11.9. The van der Waals surface area contributed by atoms with Gasteiger partial charge in [0.1, 0.15) is 0 Å². The van der Waals surface area contributed by atoms with Crippen LogP contribution in [0.25, 0.3) is 11.5 Å². The third-order valence-corrected chi connectivity index (χ3v) is 4.84. The topological polar surface area (TPSA) is 68.0 Å². The van der Waals surface area contributed by atoms with Crippen LogP contribution in [0.5, 0.6) is 0 Å². The molecule has 1 amide bonds. The summed E-state index contributed by atoms with van der Waals surface area (Å²) >= 11 is 13.2. The largest absolute Gasteiger partial charge is 0.411 e. The van der Waals surface area contributed by atoms with E-state index in [0.29, 0.717) is 33.3 Å². The van der Waals surface area contributed by atoms with Gasteiger partial charge in [-0.15, -0.1) is 10.2 Å². The highest BCUT2D eigenvalue weighted by Gasteiger charge is 2.13. The number of nitrogens with one attached hydrogen (secondary N) is 1. The van der Waals surface area contributed by atoms with E-state index in [1.165, 1.54) is 17.3 Å². The minimum atomic E-state index is -0.0878. The van der Waals surface area contributed by atoms with Crippen LogP contribution in [0.15, 0.2) is 58.2 Å². The third kappa shape index (κ3) is 5.24. The van der Waals surface area contributed by atoms with Crippen molar-refractivity contribution in [2.24, 2.45) is 0 Å². The number of aromatic nitrogens is 2. The van der Waals surface area contributed by atoms with Crippen molar-refractivity contribution in [3.05, 3.63) is 64.1 Å². The molecule has 26 heavy (non-hydrogen) atoms. The summed E-state index contributed by atoms with van der Waals surface area (Å²) in [6.45, 7) is 0.582. The minimum absolute atomic E-state index is 0.0878. The zero-order chi connectivity index (χ0) is 18.4. The highest BCUT2D eigenvalue weighted by molar-refractivity contribution is 7.99. The summed E-state index contributed by atoms with van der Waals surface area (Å²) in [6.07, 6.45) is 0.789. The molecule has 1 N–H and O–H groups in total. The molecule has 5 nitrogen and oxygen atoms in total. The number of hydrogen-bond acceptors (Lipinski definition) is 5. The fraction of sp³-hybridized carbons (Fsp3) is 0.167. The average Bonchev–Trinajstić information content (AvgIpc) is 3.09. The lowest BCUT2D eigenvalue weighted by atomic mass is 10.1. The molecule has 2 aromatic carbocycles. The molecule has 8 heteroatoms. The lowest BCUT2D eigenvalue weighted by Gasteiger charge is -2.04. The van der Waals surface area contributed by atoms with Gasteiger partial charge < -0.3 is 9.73 Å². The van der Waals surface area contributed by atoms with Gasteiger partial charge in [0.25, 0.3) is 5.22 Å². The van der Waals surface area contributed by atoms with Gasteiger partial charge in [0.15, 0.2) is 0 Å². The Hall–Kier alpha value is -2.02. The monoisotopic (exact) mass is 407 g/mol. The second kappa shape index (κ2) is 9.07. The van der Waals surface area contributed by atoms with Crippen LogP contribution in [-0.4, -0.2) is 28.4 Å². The number of halogens is 2. The zero-order valence-electron chi connectivity index (χ0n) is 13.6. The van der Waals surface area contributed by atoms with E-state index in [1.807, 2.05) is 30.3 Å². The standard InChI is InChI=1S/C18H15Cl2N3O2S/c19-13-6-7-14(15(20)10-13)17-22-23-18(25-17)26-11-16(24)21-9-8-12-4-2-1-3-5-12/h1-7,10H,8-9,11H2,(H,21,24). The molecule has 3 rings (SSSR count). The molecular weight excluding hydrogens is 393 g/mol. The average molecular weight is 408 g/mol. The molecule has 134 valence electrons. The molecule has 1 heterocycles. The van der Waals surface area contributed by atoms with E-state index in [2.05, 4.69) is 15.5 Å². The lowest BCUT2D eigenvalue weighted by Crippen LogP contribution is -2.27. The molecule has 0 saturated carbocycles. The van der Waals surface area contributed by atoms with E-state index in [4.69, 9.17) is 27.6 Å². The minimum Gasteiger partial charge on any atom is -0.411 e. The maximum Gasteiger partial charge on any atom is 0.277 e. The Labute approximate surface area is 165 Å². The molecule has 0 aliphatic rings. The Balaban J connectivity index is 1.47. The summed E-state index contributed by atoms with van der Waals surface area (Å²) in [5.41, 5.74) is 1.78. The van der Waals surface area contributed by atoms with Crippen molar-refractivity contribution in [1.29, 1.82) is 0 Å². The molecule has 0 bridgehead atoms. The second-order valence-electron chi connectivity index (χ2n) is 5.37. The maximum atomic E-state index is 11.9. The van der Waals surface area contributed by atoms with E-state index in [1.54, 1.807) is 18.2 Å². The van der Waals surface area contributed by atoms with Gasteiger partial charge >= 0.3 is 0 Å². The third-order valence-electron chi connectivity index (χ3n) is 3.47. The normalized spacial score (nSPS) is 10.7. The predicted molar refractivity (Wildman–Crippen MR) is 104 cm³/mol. The molecule has 1 aromatic heterocycles. The van der Waals surface area contributed by atoms with E-state index in [9.17, 15) is 4.79 Å². The Bertz CT molecular complexity index is 887. The van der Waals surface area contributed by atoms with Crippen LogP contribution in [0, 0.1) is 0 Å². The van der Waals surface area contributed by atoms with Crippen LogP contribution in [-0.2, 0) is 11.2 Å². The van der Waals surface area contributed by atoms with Crippen molar-refractivity contribution < 1.29 is 9.21 Å². The summed E-state index contributed by atoms with van der Waals surface area (Å²) in [6, 6.07) is 15.0. The fourth-order valence-corrected chi connectivity index (χ4v) is 3.29.